The average Bonchev–Trinajstić information content (AvgIpc) is 2.86. The molecular weight excluding hydrogens is 356 g/mol. The number of rotatable bonds is 4. The number of methoxy groups -OCH3 is 1. The predicted molar refractivity (Wildman–Crippen MR) is 98.3 cm³/mol. The molecule has 0 unspecified atom stereocenters. The number of hydrogen-bond acceptors (Lipinski definition) is 5. The van der Waals surface area contributed by atoms with Crippen LogP contribution in [0.1, 0.15) is 18.9 Å². The van der Waals surface area contributed by atoms with Crippen LogP contribution in [-0.2, 0) is 16.1 Å². The van der Waals surface area contributed by atoms with Gasteiger partial charge in [0, 0.05) is 31.0 Å². The van der Waals surface area contributed by atoms with Gasteiger partial charge in [0.05, 0.1) is 17.3 Å². The SMILES string of the molecule is CC[C@@H](OC)C(=O)N1CCOc2c(O)cc(-c3ccc(Cl)cn3)cc2C1. The van der Waals surface area contributed by atoms with E-state index >= 15 is 0 Å². The second-order valence-electron chi connectivity index (χ2n) is 6.09. The average molecular weight is 377 g/mol. The smallest absolute Gasteiger partial charge is 0.252 e. The largest absolute Gasteiger partial charge is 0.504 e. The highest BCUT2D eigenvalue weighted by atomic mass is 35.5. The summed E-state index contributed by atoms with van der Waals surface area (Å²) in [5.74, 6) is 0.353. The number of fused-ring (bicyclic) bond motifs is 1. The number of pyridine rings is 1. The van der Waals surface area contributed by atoms with Crippen LogP contribution in [0.25, 0.3) is 11.3 Å². The summed E-state index contributed by atoms with van der Waals surface area (Å²) in [6.45, 7) is 2.99. The van der Waals surface area contributed by atoms with Crippen molar-refractivity contribution < 1.29 is 19.4 Å². The van der Waals surface area contributed by atoms with Gasteiger partial charge in [-0.1, -0.05) is 18.5 Å². The van der Waals surface area contributed by atoms with E-state index in [1.807, 2.05) is 13.0 Å². The maximum Gasteiger partial charge on any atom is 0.252 e. The summed E-state index contributed by atoms with van der Waals surface area (Å²) in [6.07, 6.45) is 1.67. The molecule has 26 heavy (non-hydrogen) atoms. The first kappa shape index (κ1) is 18.5. The molecule has 0 fully saturated rings. The Balaban J connectivity index is 1.94. The lowest BCUT2D eigenvalue weighted by molar-refractivity contribution is -0.142. The van der Waals surface area contributed by atoms with E-state index in [9.17, 15) is 9.90 Å². The molecule has 138 valence electrons. The number of amides is 1. The van der Waals surface area contributed by atoms with Crippen LogP contribution in [0.2, 0.25) is 5.02 Å². The molecule has 2 aromatic rings. The van der Waals surface area contributed by atoms with Crippen molar-refractivity contribution in [3.05, 3.63) is 41.0 Å². The molecule has 3 rings (SSSR count). The first-order valence-electron chi connectivity index (χ1n) is 8.45. The number of ether oxygens (including phenoxy) is 2. The molecule has 1 amide bonds. The molecule has 1 aromatic heterocycles. The maximum atomic E-state index is 12.7. The topological polar surface area (TPSA) is 71.9 Å². The number of carbonyl (C=O) groups excluding carboxylic acids is 1. The molecule has 1 N–H and O–H groups in total. The van der Waals surface area contributed by atoms with Crippen molar-refractivity contribution in [2.45, 2.75) is 26.0 Å². The third-order valence-electron chi connectivity index (χ3n) is 4.38. The zero-order valence-corrected chi connectivity index (χ0v) is 15.5. The second kappa shape index (κ2) is 7.93. The van der Waals surface area contributed by atoms with Crippen molar-refractivity contribution in [3.8, 4) is 22.8 Å². The fourth-order valence-corrected chi connectivity index (χ4v) is 3.14. The Morgan fingerprint density at radius 3 is 2.92 bits per heavy atom. The normalized spacial score (nSPS) is 15.0. The van der Waals surface area contributed by atoms with Gasteiger partial charge in [0.2, 0.25) is 0 Å². The van der Waals surface area contributed by atoms with Gasteiger partial charge in [0.1, 0.15) is 12.7 Å². The number of hydrogen-bond donors (Lipinski definition) is 1. The molecule has 2 heterocycles. The van der Waals surface area contributed by atoms with Gasteiger partial charge in [-0.05, 0) is 30.7 Å². The molecule has 0 radical (unpaired) electrons. The summed E-state index contributed by atoms with van der Waals surface area (Å²) in [5.41, 5.74) is 2.14. The van der Waals surface area contributed by atoms with E-state index in [1.165, 1.54) is 7.11 Å². The summed E-state index contributed by atoms with van der Waals surface area (Å²) in [6, 6.07) is 7.01. The van der Waals surface area contributed by atoms with Crippen LogP contribution in [0, 0.1) is 0 Å². The van der Waals surface area contributed by atoms with Crippen LogP contribution < -0.4 is 4.74 Å². The van der Waals surface area contributed by atoms with Crippen molar-refractivity contribution in [2.75, 3.05) is 20.3 Å². The number of phenolic OH excluding ortho intramolecular Hbond substituents is 1. The Morgan fingerprint density at radius 1 is 1.46 bits per heavy atom. The minimum absolute atomic E-state index is 0.0299. The highest BCUT2D eigenvalue weighted by Gasteiger charge is 2.27. The zero-order valence-electron chi connectivity index (χ0n) is 14.7. The molecule has 1 aliphatic heterocycles. The Kier molecular flexibility index (Phi) is 5.64. The van der Waals surface area contributed by atoms with E-state index in [0.717, 1.165) is 11.1 Å². The number of aromatic hydroxyl groups is 1. The van der Waals surface area contributed by atoms with E-state index in [4.69, 9.17) is 21.1 Å². The molecule has 1 aliphatic rings. The van der Waals surface area contributed by atoms with Gasteiger partial charge < -0.3 is 19.5 Å². The molecule has 7 heteroatoms. The highest BCUT2D eigenvalue weighted by molar-refractivity contribution is 6.30. The molecular formula is C19H21ClN2O4. The number of benzene rings is 1. The van der Waals surface area contributed by atoms with Crippen molar-refractivity contribution in [1.29, 1.82) is 0 Å². The maximum absolute atomic E-state index is 12.7. The first-order valence-corrected chi connectivity index (χ1v) is 8.83. The third kappa shape index (κ3) is 3.76. The van der Waals surface area contributed by atoms with Crippen LogP contribution in [0.4, 0.5) is 0 Å². The Bertz CT molecular complexity index is 791. The number of halogens is 1. The number of carbonyl (C=O) groups is 1. The van der Waals surface area contributed by atoms with Gasteiger partial charge >= 0.3 is 0 Å². The van der Waals surface area contributed by atoms with Crippen molar-refractivity contribution >= 4 is 17.5 Å². The number of phenols is 1. The van der Waals surface area contributed by atoms with E-state index in [0.29, 0.717) is 42.6 Å². The van der Waals surface area contributed by atoms with Crippen molar-refractivity contribution in [3.63, 3.8) is 0 Å². The summed E-state index contributed by atoms with van der Waals surface area (Å²) >= 11 is 5.89. The van der Waals surface area contributed by atoms with E-state index in [1.54, 1.807) is 29.3 Å². The Hall–Kier alpha value is -2.31. The van der Waals surface area contributed by atoms with Crippen LogP contribution in [-0.4, -0.2) is 47.3 Å². The van der Waals surface area contributed by atoms with Crippen LogP contribution in [0.15, 0.2) is 30.5 Å². The second-order valence-corrected chi connectivity index (χ2v) is 6.52. The van der Waals surface area contributed by atoms with Crippen molar-refractivity contribution in [1.82, 2.24) is 9.88 Å². The van der Waals surface area contributed by atoms with Crippen LogP contribution in [0.5, 0.6) is 11.5 Å². The summed E-state index contributed by atoms with van der Waals surface area (Å²) < 4.78 is 11.0. The highest BCUT2D eigenvalue weighted by Crippen LogP contribution is 2.37. The van der Waals surface area contributed by atoms with Gasteiger partial charge in [0.15, 0.2) is 11.5 Å². The Labute approximate surface area is 157 Å². The number of aromatic nitrogens is 1. The van der Waals surface area contributed by atoms with Crippen molar-refractivity contribution in [2.24, 2.45) is 0 Å². The lowest BCUT2D eigenvalue weighted by atomic mass is 10.0. The summed E-state index contributed by atoms with van der Waals surface area (Å²) in [4.78, 5) is 18.6. The summed E-state index contributed by atoms with van der Waals surface area (Å²) in [7, 11) is 1.53. The quantitative estimate of drug-likeness (QED) is 0.886. The molecule has 0 bridgehead atoms. The fourth-order valence-electron chi connectivity index (χ4n) is 3.03. The minimum Gasteiger partial charge on any atom is -0.504 e. The number of nitrogens with zero attached hydrogens (tertiary/aromatic N) is 2. The standard InChI is InChI=1S/C19H21ClN2O4/c1-3-17(25-2)19(24)22-6-7-26-18-13(11-22)8-12(9-16(18)23)15-5-4-14(20)10-21-15/h4-5,8-10,17,23H,3,6-7,11H2,1-2H3/t17-/m1/s1. The first-order chi connectivity index (χ1) is 12.5. The van der Waals surface area contributed by atoms with E-state index in [2.05, 4.69) is 4.98 Å². The third-order valence-corrected chi connectivity index (χ3v) is 4.60. The molecule has 0 saturated heterocycles. The van der Waals surface area contributed by atoms with E-state index in [-0.39, 0.29) is 11.7 Å². The van der Waals surface area contributed by atoms with Gasteiger partial charge in [-0.2, -0.15) is 0 Å². The Morgan fingerprint density at radius 2 is 2.27 bits per heavy atom. The van der Waals surface area contributed by atoms with Gasteiger partial charge in [-0.25, -0.2) is 0 Å². The molecule has 0 saturated carbocycles. The monoisotopic (exact) mass is 376 g/mol. The molecule has 0 aliphatic carbocycles. The lowest BCUT2D eigenvalue weighted by Crippen LogP contribution is -2.40. The van der Waals surface area contributed by atoms with Crippen LogP contribution in [0.3, 0.4) is 0 Å². The van der Waals surface area contributed by atoms with Gasteiger partial charge in [-0.3, -0.25) is 9.78 Å². The lowest BCUT2D eigenvalue weighted by Gasteiger charge is -2.24. The molecule has 0 spiro atoms. The predicted octanol–water partition coefficient (Wildman–Crippen LogP) is 3.25. The zero-order chi connectivity index (χ0) is 18.7. The van der Waals surface area contributed by atoms with Gasteiger partial charge in [-0.15, -0.1) is 0 Å². The fraction of sp³-hybridized carbons (Fsp3) is 0.368. The molecule has 1 atom stereocenters. The van der Waals surface area contributed by atoms with Crippen LogP contribution >= 0.6 is 11.6 Å². The summed E-state index contributed by atoms with van der Waals surface area (Å²) in [5, 5.41) is 10.9. The minimum atomic E-state index is -0.480. The molecule has 6 nitrogen and oxygen atoms in total. The van der Waals surface area contributed by atoms with E-state index < -0.39 is 6.10 Å². The van der Waals surface area contributed by atoms with Gasteiger partial charge in [0.25, 0.3) is 5.91 Å². The molecule has 1 aromatic carbocycles.